The van der Waals surface area contributed by atoms with E-state index in [1.54, 1.807) is 7.11 Å². The van der Waals surface area contributed by atoms with Gasteiger partial charge in [-0.3, -0.25) is 4.79 Å². The van der Waals surface area contributed by atoms with E-state index in [-0.39, 0.29) is 11.7 Å². The normalized spacial score (nSPS) is 10.6. The molecule has 8 heteroatoms. The average molecular weight is 401 g/mol. The summed E-state index contributed by atoms with van der Waals surface area (Å²) in [6.07, 6.45) is 0. The number of hydrogen-bond acceptors (Lipinski definition) is 7. The highest BCUT2D eigenvalue weighted by Crippen LogP contribution is 2.26. The summed E-state index contributed by atoms with van der Waals surface area (Å²) in [5.74, 6) is 0.212. The minimum atomic E-state index is -0.0726. The highest BCUT2D eigenvalue weighted by molar-refractivity contribution is 8.01. The van der Waals surface area contributed by atoms with Gasteiger partial charge in [-0.15, -0.1) is 10.2 Å². The second-order valence-electron chi connectivity index (χ2n) is 5.57. The van der Waals surface area contributed by atoms with E-state index in [1.807, 2.05) is 42.5 Å². The van der Waals surface area contributed by atoms with Gasteiger partial charge in [0, 0.05) is 19.3 Å². The van der Waals surface area contributed by atoms with Crippen LogP contribution in [0.4, 0.5) is 10.8 Å². The lowest BCUT2D eigenvalue weighted by Gasteiger charge is -2.06. The van der Waals surface area contributed by atoms with E-state index in [1.165, 1.54) is 23.1 Å². The van der Waals surface area contributed by atoms with Gasteiger partial charge in [0.15, 0.2) is 4.34 Å². The molecule has 0 spiro atoms. The van der Waals surface area contributed by atoms with E-state index in [9.17, 15) is 4.79 Å². The van der Waals surface area contributed by atoms with Gasteiger partial charge < -0.3 is 15.4 Å². The number of ether oxygens (including phenoxy) is 1. The number of rotatable bonds is 9. The molecule has 1 heterocycles. The Bertz CT molecular complexity index is 854. The topological polar surface area (TPSA) is 76.1 Å². The first-order valence-corrected chi connectivity index (χ1v) is 10.2. The molecule has 0 unspecified atom stereocenters. The molecule has 0 saturated heterocycles. The molecule has 3 rings (SSSR count). The molecule has 3 aromatic rings. The fourth-order valence-corrected chi connectivity index (χ4v) is 3.88. The summed E-state index contributed by atoms with van der Waals surface area (Å²) in [6.45, 7) is 1.28. The Morgan fingerprint density at radius 2 is 1.81 bits per heavy atom. The first-order chi connectivity index (χ1) is 13.2. The molecule has 0 aliphatic rings. The highest BCUT2D eigenvalue weighted by Gasteiger charge is 2.08. The highest BCUT2D eigenvalue weighted by atomic mass is 32.2. The quantitative estimate of drug-likeness (QED) is 0.418. The third-order valence-electron chi connectivity index (χ3n) is 3.59. The molecule has 0 atom stereocenters. The maximum atomic E-state index is 12.2. The van der Waals surface area contributed by atoms with Crippen LogP contribution in [0.5, 0.6) is 0 Å². The summed E-state index contributed by atoms with van der Waals surface area (Å²) in [5.41, 5.74) is 3.04. The summed E-state index contributed by atoms with van der Waals surface area (Å²) >= 11 is 2.79. The molecule has 0 aliphatic carbocycles. The van der Waals surface area contributed by atoms with Crippen LogP contribution in [0.3, 0.4) is 0 Å². The third-order valence-corrected chi connectivity index (χ3v) is 5.61. The number of thioether (sulfide) groups is 1. The number of amides is 1. The zero-order valence-electron chi connectivity index (χ0n) is 14.8. The Hall–Kier alpha value is -2.42. The average Bonchev–Trinajstić information content (AvgIpc) is 3.16. The van der Waals surface area contributed by atoms with Crippen LogP contribution in [0.15, 0.2) is 58.9 Å². The van der Waals surface area contributed by atoms with Crippen LogP contribution in [0.2, 0.25) is 0 Å². The fourth-order valence-electron chi connectivity index (χ4n) is 2.30. The molecule has 0 radical (unpaired) electrons. The van der Waals surface area contributed by atoms with Gasteiger partial charge in [0.05, 0.1) is 12.4 Å². The predicted molar refractivity (Wildman–Crippen MR) is 112 cm³/mol. The van der Waals surface area contributed by atoms with Crippen molar-refractivity contribution in [1.29, 1.82) is 0 Å². The Morgan fingerprint density at radius 3 is 2.56 bits per heavy atom. The predicted octanol–water partition coefficient (Wildman–Crippen LogP) is 3.99. The number of nitrogens with zero attached hydrogens (tertiary/aromatic N) is 2. The molecule has 6 nitrogen and oxygen atoms in total. The lowest BCUT2D eigenvalue weighted by molar-refractivity contribution is -0.113. The van der Waals surface area contributed by atoms with E-state index in [0.717, 1.165) is 26.3 Å². The summed E-state index contributed by atoms with van der Waals surface area (Å²) in [7, 11) is 1.65. The van der Waals surface area contributed by atoms with Crippen molar-refractivity contribution in [1.82, 2.24) is 10.2 Å². The van der Waals surface area contributed by atoms with Crippen molar-refractivity contribution in [2.45, 2.75) is 4.34 Å². The minimum absolute atomic E-state index is 0.0726. The van der Waals surface area contributed by atoms with Gasteiger partial charge in [0.25, 0.3) is 0 Å². The second kappa shape index (κ2) is 10.1. The molecule has 140 valence electrons. The van der Waals surface area contributed by atoms with E-state index in [4.69, 9.17) is 4.74 Å². The van der Waals surface area contributed by atoms with E-state index >= 15 is 0 Å². The van der Waals surface area contributed by atoms with Crippen LogP contribution in [0.25, 0.3) is 11.1 Å². The summed E-state index contributed by atoms with van der Waals surface area (Å²) < 4.78 is 5.73. The van der Waals surface area contributed by atoms with E-state index in [0.29, 0.717) is 13.2 Å². The number of carbonyl (C=O) groups is 1. The van der Waals surface area contributed by atoms with Crippen LogP contribution in [-0.4, -0.2) is 42.1 Å². The smallest absolute Gasteiger partial charge is 0.234 e. The van der Waals surface area contributed by atoms with Gasteiger partial charge in [-0.2, -0.15) is 0 Å². The Balaban J connectivity index is 1.47. The van der Waals surface area contributed by atoms with Crippen molar-refractivity contribution in [3.05, 3.63) is 54.6 Å². The maximum absolute atomic E-state index is 12.2. The first kappa shape index (κ1) is 19.3. The summed E-state index contributed by atoms with van der Waals surface area (Å²) in [4.78, 5) is 12.2. The molecule has 2 N–H and O–H groups in total. The van der Waals surface area contributed by atoms with Crippen LogP contribution in [0.1, 0.15) is 0 Å². The molecule has 27 heavy (non-hydrogen) atoms. The summed E-state index contributed by atoms with van der Waals surface area (Å²) in [5, 5.41) is 14.9. The van der Waals surface area contributed by atoms with Crippen LogP contribution in [-0.2, 0) is 9.53 Å². The molecule has 0 saturated carbocycles. The minimum Gasteiger partial charge on any atom is -0.383 e. The van der Waals surface area contributed by atoms with Gasteiger partial charge in [-0.05, 0) is 23.3 Å². The van der Waals surface area contributed by atoms with E-state index in [2.05, 4.69) is 33.0 Å². The van der Waals surface area contributed by atoms with Gasteiger partial charge in [0.2, 0.25) is 11.0 Å². The van der Waals surface area contributed by atoms with Gasteiger partial charge >= 0.3 is 0 Å². The lowest BCUT2D eigenvalue weighted by atomic mass is 10.1. The molecule has 1 aromatic heterocycles. The van der Waals surface area contributed by atoms with Crippen molar-refractivity contribution in [3.8, 4) is 11.1 Å². The SMILES string of the molecule is COCCNc1nnc(SCC(=O)Nc2ccc(-c3ccccc3)cc2)s1. The number of carbonyl (C=O) groups excluding carboxylic acids is 1. The molecular weight excluding hydrogens is 380 g/mol. The Kier molecular flexibility index (Phi) is 7.20. The van der Waals surface area contributed by atoms with Gasteiger partial charge in [0.1, 0.15) is 0 Å². The molecule has 2 aromatic carbocycles. The van der Waals surface area contributed by atoms with Crippen molar-refractivity contribution in [2.24, 2.45) is 0 Å². The van der Waals surface area contributed by atoms with Gasteiger partial charge in [-0.25, -0.2) is 0 Å². The van der Waals surface area contributed by atoms with Crippen molar-refractivity contribution >= 4 is 39.8 Å². The summed E-state index contributed by atoms with van der Waals surface area (Å²) in [6, 6.07) is 18.0. The monoisotopic (exact) mass is 400 g/mol. The largest absolute Gasteiger partial charge is 0.383 e. The van der Waals surface area contributed by atoms with Crippen molar-refractivity contribution in [3.63, 3.8) is 0 Å². The molecule has 0 bridgehead atoms. The molecular formula is C19H20N4O2S2. The zero-order chi connectivity index (χ0) is 18.9. The number of methoxy groups -OCH3 is 1. The number of nitrogens with one attached hydrogen (secondary N) is 2. The van der Waals surface area contributed by atoms with Crippen molar-refractivity contribution in [2.75, 3.05) is 36.6 Å². The Morgan fingerprint density at radius 1 is 1.07 bits per heavy atom. The maximum Gasteiger partial charge on any atom is 0.234 e. The lowest BCUT2D eigenvalue weighted by Crippen LogP contribution is -2.13. The zero-order valence-corrected chi connectivity index (χ0v) is 16.5. The fraction of sp³-hybridized carbons (Fsp3) is 0.211. The first-order valence-electron chi connectivity index (χ1n) is 8.39. The van der Waals surface area contributed by atoms with Gasteiger partial charge in [-0.1, -0.05) is 65.6 Å². The molecule has 0 aliphatic heterocycles. The van der Waals surface area contributed by atoms with Crippen molar-refractivity contribution < 1.29 is 9.53 Å². The van der Waals surface area contributed by atoms with Crippen LogP contribution in [0, 0.1) is 0 Å². The third kappa shape index (κ3) is 6.06. The number of anilines is 2. The Labute approximate surface area is 166 Å². The number of hydrogen-bond donors (Lipinski definition) is 2. The van der Waals surface area contributed by atoms with Crippen LogP contribution >= 0.6 is 23.1 Å². The molecule has 1 amide bonds. The second-order valence-corrected chi connectivity index (χ2v) is 7.77. The van der Waals surface area contributed by atoms with E-state index < -0.39 is 0 Å². The van der Waals surface area contributed by atoms with Crippen LogP contribution < -0.4 is 10.6 Å². The number of benzene rings is 2. The number of aromatic nitrogens is 2. The molecule has 0 fully saturated rings. The standard InChI is InChI=1S/C19H20N4O2S2/c1-25-12-11-20-18-22-23-19(27-18)26-13-17(24)21-16-9-7-15(8-10-16)14-5-3-2-4-6-14/h2-10H,11-13H2,1H3,(H,20,22)(H,21,24).